The van der Waals surface area contributed by atoms with Crippen LogP contribution in [-0.4, -0.2) is 59.9 Å². The Morgan fingerprint density at radius 2 is 2.09 bits per heavy atom. The van der Waals surface area contributed by atoms with Crippen LogP contribution in [0.5, 0.6) is 11.5 Å². The minimum atomic E-state index is -2.49. The number of likely N-dealkylation sites (tertiary alicyclic amines) is 1. The number of benzene rings is 1. The molecule has 0 bridgehead atoms. The summed E-state index contributed by atoms with van der Waals surface area (Å²) in [7, 11) is 1.57. The fraction of sp³-hybridized carbons (Fsp3) is 0.565. The number of rotatable bonds is 6. The first-order valence-corrected chi connectivity index (χ1v) is 11.0. The Hall–Kier alpha value is -2.84. The topological polar surface area (TPSA) is 68.6 Å². The summed E-state index contributed by atoms with van der Waals surface area (Å²) in [5, 5.41) is 7.62. The molecule has 1 aromatic heterocycles. The van der Waals surface area contributed by atoms with Gasteiger partial charge in [-0.3, -0.25) is 4.79 Å². The zero-order valence-electron chi connectivity index (χ0n) is 18.7. The van der Waals surface area contributed by atoms with Crippen molar-refractivity contribution in [2.75, 3.05) is 32.1 Å². The lowest BCUT2D eigenvalue weighted by Crippen LogP contribution is -2.49. The van der Waals surface area contributed by atoms with Crippen molar-refractivity contribution in [3.63, 3.8) is 0 Å². The lowest BCUT2D eigenvalue weighted by atomic mass is 9.86. The molecule has 2 aliphatic rings. The molecular formula is C23H30F2N4O3. The number of hydrogen-bond acceptors (Lipinski definition) is 5. The number of nitrogens with one attached hydrogen (secondary N) is 1. The summed E-state index contributed by atoms with van der Waals surface area (Å²) in [6.45, 7) is 4.83. The third kappa shape index (κ3) is 4.66. The number of alkyl halides is 2. The first kappa shape index (κ1) is 22.4. The van der Waals surface area contributed by atoms with Gasteiger partial charge in [-0.15, -0.1) is 0 Å². The number of amides is 1. The number of anilines is 1. The molecular weight excluding hydrogens is 418 g/mol. The second kappa shape index (κ2) is 9.34. The summed E-state index contributed by atoms with van der Waals surface area (Å²) in [6, 6.07) is 6.27. The second-order valence-corrected chi connectivity index (χ2v) is 8.69. The van der Waals surface area contributed by atoms with Gasteiger partial charge in [0.2, 0.25) is 0 Å². The summed E-state index contributed by atoms with van der Waals surface area (Å²) in [4.78, 5) is 14.6. The third-order valence-electron chi connectivity index (χ3n) is 6.34. The molecule has 1 amide bonds. The van der Waals surface area contributed by atoms with Crippen molar-refractivity contribution in [3.05, 3.63) is 35.5 Å². The minimum absolute atomic E-state index is 0.0874. The van der Waals surface area contributed by atoms with Gasteiger partial charge in [0.15, 0.2) is 18.1 Å². The fourth-order valence-electron chi connectivity index (χ4n) is 4.70. The maximum atomic E-state index is 13.7. The molecule has 0 spiro atoms. The number of fused-ring (bicyclic) bond motifs is 1. The molecule has 0 aliphatic carbocycles. The molecule has 174 valence electrons. The Kier molecular flexibility index (Phi) is 6.53. The van der Waals surface area contributed by atoms with Gasteiger partial charge in [0.05, 0.1) is 12.8 Å². The number of nitrogens with zero attached hydrogens (tertiary/aromatic N) is 3. The Morgan fingerprint density at radius 3 is 2.84 bits per heavy atom. The van der Waals surface area contributed by atoms with Gasteiger partial charge in [-0.05, 0) is 56.7 Å². The van der Waals surface area contributed by atoms with E-state index in [1.54, 1.807) is 31.1 Å². The number of piperidine rings is 1. The Morgan fingerprint density at radius 1 is 1.28 bits per heavy atom. The average Bonchev–Trinajstić information content (AvgIpc) is 3.17. The van der Waals surface area contributed by atoms with Crippen LogP contribution in [0.1, 0.15) is 36.6 Å². The highest BCUT2D eigenvalue weighted by Crippen LogP contribution is 2.36. The van der Waals surface area contributed by atoms with Crippen molar-refractivity contribution in [1.29, 1.82) is 0 Å². The lowest BCUT2D eigenvalue weighted by Gasteiger charge is -2.41. The van der Waals surface area contributed by atoms with E-state index in [4.69, 9.17) is 9.47 Å². The van der Waals surface area contributed by atoms with Gasteiger partial charge in [0.1, 0.15) is 11.9 Å². The highest BCUT2D eigenvalue weighted by atomic mass is 19.3. The molecule has 3 heterocycles. The van der Waals surface area contributed by atoms with Gasteiger partial charge in [-0.2, -0.15) is 5.10 Å². The average molecular weight is 449 g/mol. The Balaban J connectivity index is 1.39. The molecule has 2 aliphatic heterocycles. The van der Waals surface area contributed by atoms with Crippen molar-refractivity contribution in [2.45, 2.75) is 51.6 Å². The predicted octanol–water partition coefficient (Wildman–Crippen LogP) is 3.82. The number of ether oxygens (including phenoxy) is 2. The maximum absolute atomic E-state index is 13.7. The molecule has 1 aromatic carbocycles. The molecule has 7 nitrogen and oxygen atoms in total. The number of aromatic nitrogens is 2. The van der Waals surface area contributed by atoms with Crippen LogP contribution in [-0.2, 0) is 4.79 Å². The largest absolute Gasteiger partial charge is 0.493 e. The minimum Gasteiger partial charge on any atom is -0.493 e. The van der Waals surface area contributed by atoms with Crippen molar-refractivity contribution < 1.29 is 23.0 Å². The van der Waals surface area contributed by atoms with Crippen molar-refractivity contribution in [3.8, 4) is 11.5 Å². The fourth-order valence-corrected chi connectivity index (χ4v) is 4.70. The number of methoxy groups -OCH3 is 1. The van der Waals surface area contributed by atoms with E-state index >= 15 is 0 Å². The summed E-state index contributed by atoms with van der Waals surface area (Å²) in [5.74, 6) is 1.72. The molecule has 1 N–H and O–H groups in total. The number of carbonyl (C=O) groups excluding carboxylic acids is 1. The van der Waals surface area contributed by atoms with Gasteiger partial charge >= 0.3 is 0 Å². The van der Waals surface area contributed by atoms with E-state index in [1.807, 2.05) is 19.1 Å². The first-order chi connectivity index (χ1) is 15.4. The Labute approximate surface area is 186 Å². The zero-order valence-corrected chi connectivity index (χ0v) is 18.7. The van der Waals surface area contributed by atoms with E-state index in [0.29, 0.717) is 36.1 Å². The molecule has 3 atom stereocenters. The molecule has 2 aromatic rings. The number of halogens is 2. The highest BCUT2D eigenvalue weighted by Gasteiger charge is 2.38. The second-order valence-electron chi connectivity index (χ2n) is 8.69. The van der Waals surface area contributed by atoms with E-state index < -0.39 is 12.5 Å². The SMILES string of the molecule is COc1cc(C)ccc1OCC(=O)N1CCCC([C@@H]2C[C@H](C(F)F)n3nc(C)cc3N2)C1. The van der Waals surface area contributed by atoms with Gasteiger partial charge < -0.3 is 19.7 Å². The van der Waals surface area contributed by atoms with Crippen LogP contribution in [0.2, 0.25) is 0 Å². The molecule has 1 unspecified atom stereocenters. The number of hydrogen-bond donors (Lipinski definition) is 1. The van der Waals surface area contributed by atoms with Crippen molar-refractivity contribution in [1.82, 2.24) is 14.7 Å². The van der Waals surface area contributed by atoms with Crippen molar-refractivity contribution >= 4 is 11.7 Å². The van der Waals surface area contributed by atoms with E-state index in [9.17, 15) is 13.6 Å². The summed E-state index contributed by atoms with van der Waals surface area (Å²) in [5.41, 5.74) is 1.75. The summed E-state index contributed by atoms with van der Waals surface area (Å²) >= 11 is 0. The molecule has 32 heavy (non-hydrogen) atoms. The maximum Gasteiger partial charge on any atom is 0.260 e. The van der Waals surface area contributed by atoms with Gasteiger partial charge in [-0.1, -0.05) is 6.07 Å². The standard InChI is InChI=1S/C23H30F2N4O3/c1-14-6-7-19(20(9-14)31-3)32-13-22(30)28-8-4-5-16(12-28)17-11-18(23(24)25)29-21(26-17)10-15(2)27-29/h6-7,9-10,16-18,23,26H,4-5,8,11-13H2,1-3H3/t16?,17-,18+/m0/s1. The van der Waals surface area contributed by atoms with E-state index in [-0.39, 0.29) is 30.9 Å². The van der Waals surface area contributed by atoms with Crippen LogP contribution in [0.4, 0.5) is 14.6 Å². The predicted molar refractivity (Wildman–Crippen MR) is 117 cm³/mol. The summed E-state index contributed by atoms with van der Waals surface area (Å²) in [6.07, 6.45) is -0.482. The van der Waals surface area contributed by atoms with Crippen LogP contribution >= 0.6 is 0 Å². The van der Waals surface area contributed by atoms with Crippen LogP contribution < -0.4 is 14.8 Å². The molecule has 4 rings (SSSR count). The van der Waals surface area contributed by atoms with Crippen LogP contribution in [0.25, 0.3) is 0 Å². The first-order valence-electron chi connectivity index (χ1n) is 11.0. The normalized spacial score (nSPS) is 22.9. The van der Waals surface area contributed by atoms with Crippen molar-refractivity contribution in [2.24, 2.45) is 5.92 Å². The van der Waals surface area contributed by atoms with Crippen LogP contribution in [0, 0.1) is 19.8 Å². The quantitative estimate of drug-likeness (QED) is 0.728. The third-order valence-corrected chi connectivity index (χ3v) is 6.34. The van der Waals surface area contributed by atoms with E-state index in [2.05, 4.69) is 10.4 Å². The zero-order chi connectivity index (χ0) is 22.8. The highest BCUT2D eigenvalue weighted by molar-refractivity contribution is 5.78. The molecule has 0 saturated carbocycles. The molecule has 0 radical (unpaired) electrons. The van der Waals surface area contributed by atoms with E-state index in [1.165, 1.54) is 4.68 Å². The smallest absolute Gasteiger partial charge is 0.260 e. The van der Waals surface area contributed by atoms with Gasteiger partial charge in [-0.25, -0.2) is 13.5 Å². The number of carbonyl (C=O) groups is 1. The number of aryl methyl sites for hydroxylation is 2. The Bertz CT molecular complexity index is 965. The summed E-state index contributed by atoms with van der Waals surface area (Å²) < 4.78 is 39.9. The monoisotopic (exact) mass is 448 g/mol. The van der Waals surface area contributed by atoms with Crippen LogP contribution in [0.15, 0.2) is 24.3 Å². The molecule has 1 fully saturated rings. The van der Waals surface area contributed by atoms with Gasteiger partial charge in [0, 0.05) is 25.2 Å². The molecule has 9 heteroatoms. The van der Waals surface area contributed by atoms with Crippen LogP contribution in [0.3, 0.4) is 0 Å². The van der Waals surface area contributed by atoms with Gasteiger partial charge in [0.25, 0.3) is 12.3 Å². The van der Waals surface area contributed by atoms with E-state index in [0.717, 1.165) is 18.4 Å². The molecule has 1 saturated heterocycles. The lowest BCUT2D eigenvalue weighted by molar-refractivity contribution is -0.135.